The number of nitrogens with zero attached hydrogens (tertiary/aromatic N) is 1. The van der Waals surface area contributed by atoms with Crippen molar-refractivity contribution in [3.63, 3.8) is 0 Å². The van der Waals surface area contributed by atoms with Gasteiger partial charge in [0.05, 0.1) is 16.6 Å². The van der Waals surface area contributed by atoms with E-state index >= 15 is 0 Å². The first-order valence-corrected chi connectivity index (χ1v) is 5.04. The average Bonchev–Trinajstić information content (AvgIpc) is 2.27. The molecule has 1 aromatic carbocycles. The Morgan fingerprint density at radius 1 is 1.56 bits per heavy atom. The third kappa shape index (κ3) is 3.51. The van der Waals surface area contributed by atoms with Crippen molar-refractivity contribution in [3.8, 4) is 5.75 Å². The highest BCUT2D eigenvalue weighted by Crippen LogP contribution is 2.20. The van der Waals surface area contributed by atoms with Crippen molar-refractivity contribution in [1.29, 1.82) is 0 Å². The van der Waals surface area contributed by atoms with Gasteiger partial charge < -0.3 is 9.84 Å². The van der Waals surface area contributed by atoms with E-state index in [2.05, 4.69) is 0 Å². The first-order valence-electron chi connectivity index (χ1n) is 5.04. The second-order valence-electron chi connectivity index (χ2n) is 3.89. The molecule has 5 heteroatoms. The summed E-state index contributed by atoms with van der Waals surface area (Å²) < 4.78 is 5.30. The molecule has 0 aliphatic rings. The van der Waals surface area contributed by atoms with Gasteiger partial charge >= 0.3 is 0 Å². The molecule has 0 bridgehead atoms. The minimum absolute atomic E-state index is 0.0198. The van der Waals surface area contributed by atoms with Crippen molar-refractivity contribution < 1.29 is 14.8 Å². The fourth-order valence-electron chi connectivity index (χ4n) is 1.03. The van der Waals surface area contributed by atoms with E-state index in [4.69, 9.17) is 4.74 Å². The summed E-state index contributed by atoms with van der Waals surface area (Å²) in [7, 11) is 0. The van der Waals surface area contributed by atoms with Crippen molar-refractivity contribution in [2.24, 2.45) is 0 Å². The van der Waals surface area contributed by atoms with Crippen LogP contribution in [0.5, 0.6) is 5.75 Å². The molecule has 5 nitrogen and oxygen atoms in total. The summed E-state index contributed by atoms with van der Waals surface area (Å²) in [6.45, 7) is 3.62. The van der Waals surface area contributed by atoms with Crippen molar-refractivity contribution in [1.82, 2.24) is 0 Å². The molecule has 16 heavy (non-hydrogen) atoms. The van der Waals surface area contributed by atoms with E-state index in [0.29, 0.717) is 12.2 Å². The normalized spacial score (nSPS) is 14.2. The van der Waals surface area contributed by atoms with Gasteiger partial charge in [-0.25, -0.2) is 0 Å². The van der Waals surface area contributed by atoms with Gasteiger partial charge in [0.2, 0.25) is 0 Å². The van der Waals surface area contributed by atoms with Crippen LogP contribution in [0.4, 0.5) is 5.69 Å². The van der Waals surface area contributed by atoms with Crippen LogP contribution >= 0.6 is 0 Å². The summed E-state index contributed by atoms with van der Waals surface area (Å²) in [5.74, 6) is 0.392. The Hall–Kier alpha value is -1.62. The van der Waals surface area contributed by atoms with Crippen molar-refractivity contribution in [3.05, 3.63) is 34.4 Å². The SMILES string of the molecule is CCC(C)(O)COc1cccc([N+](=O)[O-])c1. The highest BCUT2D eigenvalue weighted by atomic mass is 16.6. The Morgan fingerprint density at radius 3 is 2.81 bits per heavy atom. The van der Waals surface area contributed by atoms with Crippen LogP contribution in [0.25, 0.3) is 0 Å². The molecule has 88 valence electrons. The van der Waals surface area contributed by atoms with Crippen molar-refractivity contribution >= 4 is 5.69 Å². The van der Waals surface area contributed by atoms with E-state index in [1.54, 1.807) is 19.1 Å². The standard InChI is InChI=1S/C11H15NO4/c1-3-11(2,13)8-16-10-6-4-5-9(7-10)12(14)15/h4-7,13H,3,8H2,1-2H3. The molecule has 1 atom stereocenters. The highest BCUT2D eigenvalue weighted by Gasteiger charge is 2.18. The number of hydrogen-bond donors (Lipinski definition) is 1. The fourth-order valence-corrected chi connectivity index (χ4v) is 1.03. The second kappa shape index (κ2) is 4.94. The number of rotatable bonds is 5. The Kier molecular flexibility index (Phi) is 3.84. The fraction of sp³-hybridized carbons (Fsp3) is 0.455. The summed E-state index contributed by atoms with van der Waals surface area (Å²) in [5.41, 5.74) is -0.932. The van der Waals surface area contributed by atoms with E-state index in [-0.39, 0.29) is 12.3 Å². The summed E-state index contributed by atoms with van der Waals surface area (Å²) in [6, 6.07) is 5.91. The molecular weight excluding hydrogens is 210 g/mol. The molecule has 0 radical (unpaired) electrons. The van der Waals surface area contributed by atoms with Crippen LogP contribution in [0, 0.1) is 10.1 Å². The lowest BCUT2D eigenvalue weighted by Crippen LogP contribution is -2.31. The summed E-state index contributed by atoms with van der Waals surface area (Å²) in [4.78, 5) is 10.0. The predicted octanol–water partition coefficient (Wildman–Crippen LogP) is 2.13. The zero-order chi connectivity index (χ0) is 12.2. The van der Waals surface area contributed by atoms with Gasteiger partial charge in [-0.2, -0.15) is 0 Å². The van der Waals surface area contributed by atoms with Crippen LogP contribution < -0.4 is 4.74 Å². The van der Waals surface area contributed by atoms with Crippen LogP contribution in [0.3, 0.4) is 0 Å². The third-order valence-electron chi connectivity index (χ3n) is 2.34. The lowest BCUT2D eigenvalue weighted by molar-refractivity contribution is -0.384. The van der Waals surface area contributed by atoms with Crippen LogP contribution in [0.2, 0.25) is 0 Å². The number of ether oxygens (including phenoxy) is 1. The lowest BCUT2D eigenvalue weighted by Gasteiger charge is -2.21. The molecule has 1 unspecified atom stereocenters. The van der Waals surface area contributed by atoms with Gasteiger partial charge in [-0.15, -0.1) is 0 Å². The number of non-ortho nitro benzene ring substituents is 1. The quantitative estimate of drug-likeness (QED) is 0.615. The van der Waals surface area contributed by atoms with Gasteiger partial charge in [-0.05, 0) is 19.4 Å². The van der Waals surface area contributed by atoms with E-state index in [1.165, 1.54) is 12.1 Å². The molecule has 0 aromatic heterocycles. The van der Waals surface area contributed by atoms with E-state index in [0.717, 1.165) is 0 Å². The number of nitro benzene ring substituents is 1. The molecule has 1 N–H and O–H groups in total. The largest absolute Gasteiger partial charge is 0.490 e. The number of hydrogen-bond acceptors (Lipinski definition) is 4. The summed E-state index contributed by atoms with van der Waals surface area (Å²) >= 11 is 0. The van der Waals surface area contributed by atoms with Crippen LogP contribution in [0.15, 0.2) is 24.3 Å². The number of benzene rings is 1. The molecule has 0 heterocycles. The van der Waals surface area contributed by atoms with E-state index in [1.807, 2.05) is 6.92 Å². The molecule has 1 aromatic rings. The van der Waals surface area contributed by atoms with E-state index in [9.17, 15) is 15.2 Å². The lowest BCUT2D eigenvalue weighted by atomic mass is 10.1. The summed E-state index contributed by atoms with van der Waals surface area (Å²) in [6.07, 6.45) is 0.557. The molecule has 1 rings (SSSR count). The first-order chi connectivity index (χ1) is 7.44. The molecule has 0 saturated carbocycles. The Morgan fingerprint density at radius 2 is 2.25 bits per heavy atom. The minimum Gasteiger partial charge on any atom is -0.490 e. The van der Waals surface area contributed by atoms with Crippen LogP contribution in [-0.2, 0) is 0 Å². The molecule has 0 aliphatic heterocycles. The number of nitro groups is 1. The minimum atomic E-state index is -0.912. The molecule has 0 fully saturated rings. The molecule has 0 spiro atoms. The van der Waals surface area contributed by atoms with Crippen molar-refractivity contribution in [2.75, 3.05) is 6.61 Å². The van der Waals surface area contributed by atoms with E-state index < -0.39 is 10.5 Å². The maximum atomic E-state index is 10.5. The second-order valence-corrected chi connectivity index (χ2v) is 3.89. The summed E-state index contributed by atoms with van der Waals surface area (Å²) in [5, 5.41) is 20.2. The van der Waals surface area contributed by atoms with Crippen molar-refractivity contribution in [2.45, 2.75) is 25.9 Å². The van der Waals surface area contributed by atoms with Crippen LogP contribution in [0.1, 0.15) is 20.3 Å². The maximum absolute atomic E-state index is 10.5. The first kappa shape index (κ1) is 12.4. The zero-order valence-corrected chi connectivity index (χ0v) is 9.34. The third-order valence-corrected chi connectivity index (χ3v) is 2.34. The van der Waals surface area contributed by atoms with Crippen LogP contribution in [-0.4, -0.2) is 22.2 Å². The average molecular weight is 225 g/mol. The van der Waals surface area contributed by atoms with Gasteiger partial charge in [0.1, 0.15) is 12.4 Å². The smallest absolute Gasteiger partial charge is 0.273 e. The van der Waals surface area contributed by atoms with Gasteiger partial charge in [0.25, 0.3) is 5.69 Å². The topological polar surface area (TPSA) is 72.6 Å². The molecular formula is C11H15NO4. The Balaban J connectivity index is 2.68. The molecule has 0 amide bonds. The zero-order valence-electron chi connectivity index (χ0n) is 9.34. The van der Waals surface area contributed by atoms with Gasteiger partial charge in [0, 0.05) is 6.07 Å². The predicted molar refractivity (Wildman–Crippen MR) is 59.5 cm³/mol. The van der Waals surface area contributed by atoms with Gasteiger partial charge in [-0.1, -0.05) is 13.0 Å². The monoisotopic (exact) mass is 225 g/mol. The van der Waals surface area contributed by atoms with Gasteiger partial charge in [-0.3, -0.25) is 10.1 Å². The number of aliphatic hydroxyl groups is 1. The molecule has 0 saturated heterocycles. The Labute approximate surface area is 93.8 Å². The van der Waals surface area contributed by atoms with Gasteiger partial charge in [0.15, 0.2) is 0 Å². The molecule has 0 aliphatic carbocycles. The Bertz CT molecular complexity index is 376. The maximum Gasteiger partial charge on any atom is 0.273 e. The highest BCUT2D eigenvalue weighted by molar-refractivity contribution is 5.37.